The predicted octanol–water partition coefficient (Wildman–Crippen LogP) is 4.38. The second kappa shape index (κ2) is 12.6. The van der Waals surface area contributed by atoms with E-state index in [1.807, 2.05) is 36.4 Å². The van der Waals surface area contributed by atoms with Crippen molar-refractivity contribution in [2.45, 2.75) is 37.8 Å². The van der Waals surface area contributed by atoms with Crippen LogP contribution in [-0.4, -0.2) is 53.9 Å². The number of likely N-dealkylation sites (N-methyl/N-ethyl adjacent to an activating group) is 1. The highest BCUT2D eigenvalue weighted by Gasteiger charge is 2.33. The van der Waals surface area contributed by atoms with Crippen molar-refractivity contribution in [1.82, 2.24) is 15.5 Å². The van der Waals surface area contributed by atoms with E-state index in [0.29, 0.717) is 12.8 Å². The Morgan fingerprint density at radius 1 is 0.875 bits per heavy atom. The molecule has 1 saturated heterocycles. The second-order valence-corrected chi connectivity index (χ2v) is 11.2. The van der Waals surface area contributed by atoms with E-state index in [-0.39, 0.29) is 22.7 Å². The van der Waals surface area contributed by atoms with Gasteiger partial charge < -0.3 is 21.3 Å². The highest BCUT2D eigenvalue weighted by atomic mass is 32.1. The Labute approximate surface area is 240 Å². The van der Waals surface area contributed by atoms with Gasteiger partial charge in [0.25, 0.3) is 0 Å². The van der Waals surface area contributed by atoms with Gasteiger partial charge >= 0.3 is 0 Å². The molecular weight excluding hydrogens is 516 g/mol. The van der Waals surface area contributed by atoms with Gasteiger partial charge in [0.1, 0.15) is 6.04 Å². The van der Waals surface area contributed by atoms with Gasteiger partial charge in [0.15, 0.2) is 0 Å². The van der Waals surface area contributed by atoms with Crippen molar-refractivity contribution in [1.29, 1.82) is 0 Å². The monoisotopic (exact) mass is 552 g/mol. The number of fused-ring (bicyclic) bond motifs is 2. The molecule has 0 aromatic heterocycles. The van der Waals surface area contributed by atoms with Crippen LogP contribution in [0.15, 0.2) is 84.9 Å². The van der Waals surface area contributed by atoms with E-state index < -0.39 is 12.1 Å². The third kappa shape index (κ3) is 6.49. The van der Waals surface area contributed by atoms with Crippen LogP contribution in [-0.2, 0) is 22.4 Å². The molecule has 4 aromatic rings. The molecule has 1 aliphatic heterocycles. The zero-order valence-corrected chi connectivity index (χ0v) is 23.6. The first kappa shape index (κ1) is 27.7. The van der Waals surface area contributed by atoms with Crippen LogP contribution in [0.1, 0.15) is 24.0 Å². The van der Waals surface area contributed by atoms with Crippen LogP contribution in [0, 0.1) is 5.92 Å². The molecule has 1 aliphatic rings. The lowest BCUT2D eigenvalue weighted by atomic mass is 9.94. The van der Waals surface area contributed by atoms with Gasteiger partial charge in [-0.25, -0.2) is 0 Å². The van der Waals surface area contributed by atoms with Crippen molar-refractivity contribution in [2.75, 3.05) is 20.1 Å². The average molecular weight is 553 g/mol. The quantitative estimate of drug-likeness (QED) is 0.269. The van der Waals surface area contributed by atoms with E-state index in [2.05, 4.69) is 59.2 Å². The number of amides is 2. The van der Waals surface area contributed by atoms with E-state index in [4.69, 9.17) is 18.0 Å². The van der Waals surface area contributed by atoms with Crippen LogP contribution in [0.3, 0.4) is 0 Å². The smallest absolute Gasteiger partial charge is 0.243 e. The lowest BCUT2D eigenvalue weighted by molar-refractivity contribution is -0.142. The number of piperidine rings is 1. The molecule has 6 nitrogen and oxygen atoms in total. The Bertz CT molecular complexity index is 1530. The maximum absolute atomic E-state index is 13.9. The number of nitrogens with two attached hydrogens (primary N) is 1. The fourth-order valence-corrected chi connectivity index (χ4v) is 5.74. The Hall–Kier alpha value is -3.81. The van der Waals surface area contributed by atoms with Crippen molar-refractivity contribution >= 4 is 50.6 Å². The standard InChI is InChI=1S/C33H36N4O2S/c1-37(33(39)26-14-16-35-17-15-26)30(21-23-11-13-25-7-3-5-9-28(25)19-23)32(38)36-29(31(34)40)20-22-10-12-24-6-2-4-8-27(24)18-22/h2-13,18-19,26,29-30,35H,14-17,20-21H2,1H3,(H2,34,40)(H,36,38)/t29-,30-/m1/s1. The van der Waals surface area contributed by atoms with Crippen LogP contribution in [0.5, 0.6) is 0 Å². The number of benzene rings is 4. The van der Waals surface area contributed by atoms with Crippen LogP contribution < -0.4 is 16.4 Å². The molecule has 0 unspecified atom stereocenters. The van der Waals surface area contributed by atoms with Gasteiger partial charge in [-0.15, -0.1) is 0 Å². The van der Waals surface area contributed by atoms with E-state index in [9.17, 15) is 9.59 Å². The molecule has 7 heteroatoms. The molecule has 0 aliphatic carbocycles. The van der Waals surface area contributed by atoms with Crippen molar-refractivity contribution < 1.29 is 9.59 Å². The largest absolute Gasteiger partial charge is 0.392 e. The third-order valence-corrected chi connectivity index (χ3v) is 8.25. The van der Waals surface area contributed by atoms with Gasteiger partial charge in [-0.2, -0.15) is 0 Å². The third-order valence-electron chi connectivity index (χ3n) is 7.96. The van der Waals surface area contributed by atoms with E-state index in [1.165, 1.54) is 0 Å². The molecule has 206 valence electrons. The summed E-state index contributed by atoms with van der Waals surface area (Å²) in [5.41, 5.74) is 8.16. The molecule has 2 atom stereocenters. The van der Waals surface area contributed by atoms with Crippen LogP contribution in [0.2, 0.25) is 0 Å². The van der Waals surface area contributed by atoms with Gasteiger partial charge in [-0.1, -0.05) is 97.1 Å². The lowest BCUT2D eigenvalue weighted by Crippen LogP contribution is -2.55. The molecule has 0 radical (unpaired) electrons. The molecule has 0 spiro atoms. The van der Waals surface area contributed by atoms with Crippen LogP contribution in [0.4, 0.5) is 0 Å². The molecule has 1 fully saturated rings. The first-order valence-corrected chi connectivity index (χ1v) is 14.3. The summed E-state index contributed by atoms with van der Waals surface area (Å²) in [5.74, 6) is -0.345. The Kier molecular flexibility index (Phi) is 8.72. The topological polar surface area (TPSA) is 87.5 Å². The van der Waals surface area contributed by atoms with Crippen molar-refractivity contribution in [2.24, 2.45) is 11.7 Å². The molecule has 4 aromatic carbocycles. The van der Waals surface area contributed by atoms with E-state index in [1.54, 1.807) is 11.9 Å². The van der Waals surface area contributed by atoms with Gasteiger partial charge in [0.2, 0.25) is 11.8 Å². The Morgan fingerprint density at radius 3 is 1.95 bits per heavy atom. The SMILES string of the molecule is CN(C(=O)C1CCNCC1)[C@H](Cc1ccc2ccccc2c1)C(=O)N[C@H](Cc1ccc2ccccc2c1)C(N)=S. The zero-order chi connectivity index (χ0) is 28.1. The average Bonchev–Trinajstić information content (AvgIpc) is 2.99. The molecule has 1 heterocycles. The summed E-state index contributed by atoms with van der Waals surface area (Å²) in [6, 6.07) is 27.5. The first-order chi connectivity index (χ1) is 19.4. The zero-order valence-electron chi connectivity index (χ0n) is 22.8. The molecule has 0 bridgehead atoms. The fourth-order valence-electron chi connectivity index (χ4n) is 5.60. The molecule has 5 rings (SSSR count). The number of carbonyl (C=O) groups excluding carboxylic acids is 2. The maximum atomic E-state index is 13.9. The number of nitrogens with zero attached hydrogens (tertiary/aromatic N) is 1. The number of carbonyl (C=O) groups is 2. The molecular formula is C33H36N4O2S. The summed E-state index contributed by atoms with van der Waals surface area (Å²) < 4.78 is 0. The number of hydrogen-bond acceptors (Lipinski definition) is 4. The summed E-state index contributed by atoms with van der Waals surface area (Å²) in [6.07, 6.45) is 2.40. The lowest BCUT2D eigenvalue weighted by Gasteiger charge is -2.33. The van der Waals surface area contributed by atoms with Crippen molar-refractivity contribution in [3.8, 4) is 0 Å². The van der Waals surface area contributed by atoms with E-state index >= 15 is 0 Å². The minimum atomic E-state index is -0.697. The molecule has 40 heavy (non-hydrogen) atoms. The maximum Gasteiger partial charge on any atom is 0.243 e. The summed E-state index contributed by atoms with van der Waals surface area (Å²) in [6.45, 7) is 1.61. The van der Waals surface area contributed by atoms with Crippen molar-refractivity contribution in [3.05, 3.63) is 96.1 Å². The van der Waals surface area contributed by atoms with E-state index in [0.717, 1.165) is 58.6 Å². The predicted molar refractivity (Wildman–Crippen MR) is 166 cm³/mol. The molecule has 2 amide bonds. The number of nitrogens with one attached hydrogen (secondary N) is 2. The van der Waals surface area contributed by atoms with Gasteiger partial charge in [-0.3, -0.25) is 9.59 Å². The molecule has 0 saturated carbocycles. The second-order valence-electron chi connectivity index (χ2n) is 10.7. The highest BCUT2D eigenvalue weighted by molar-refractivity contribution is 7.80. The summed E-state index contributed by atoms with van der Waals surface area (Å²) in [5, 5.41) is 10.9. The van der Waals surface area contributed by atoms with Crippen molar-refractivity contribution in [3.63, 3.8) is 0 Å². The Morgan fingerprint density at radius 2 is 1.40 bits per heavy atom. The number of rotatable bonds is 9. The number of hydrogen-bond donors (Lipinski definition) is 3. The van der Waals surface area contributed by atoms with Crippen LogP contribution in [0.25, 0.3) is 21.5 Å². The van der Waals surface area contributed by atoms with Gasteiger partial charge in [0.05, 0.1) is 11.0 Å². The highest BCUT2D eigenvalue weighted by Crippen LogP contribution is 2.22. The van der Waals surface area contributed by atoms with Gasteiger partial charge in [-0.05, 0) is 65.0 Å². The summed E-state index contributed by atoms with van der Waals surface area (Å²) in [7, 11) is 1.74. The van der Waals surface area contributed by atoms with Crippen LogP contribution >= 0.6 is 12.2 Å². The Balaban J connectivity index is 1.39. The first-order valence-electron chi connectivity index (χ1n) is 13.9. The summed E-state index contributed by atoms with van der Waals surface area (Å²) >= 11 is 5.39. The van der Waals surface area contributed by atoms with Gasteiger partial charge in [0, 0.05) is 19.4 Å². The normalized spacial score (nSPS) is 15.4. The fraction of sp³-hybridized carbons (Fsp3) is 0.303. The molecule has 4 N–H and O–H groups in total. The minimum Gasteiger partial charge on any atom is -0.392 e. The summed E-state index contributed by atoms with van der Waals surface area (Å²) in [4.78, 5) is 29.3. The number of thiocarbonyl (C=S) groups is 1. The minimum absolute atomic E-state index is 0.00356.